The van der Waals surface area contributed by atoms with Gasteiger partial charge in [0.05, 0.1) is 5.76 Å². The maximum Gasteiger partial charge on any atom is 0.135 e. The molecule has 0 saturated heterocycles. The van der Waals surface area contributed by atoms with Crippen molar-refractivity contribution in [2.24, 2.45) is 41.4 Å². The molecule has 0 aromatic rings. The maximum absolute atomic E-state index is 11.0. The van der Waals surface area contributed by atoms with Gasteiger partial charge in [-0.15, -0.1) is 0 Å². The third-order valence-corrected chi connectivity index (χ3v) is 4.74. The zero-order valence-electron chi connectivity index (χ0n) is 26.9. The van der Waals surface area contributed by atoms with Crippen LogP contribution in [0.5, 0.6) is 0 Å². The van der Waals surface area contributed by atoms with Gasteiger partial charge in [-0.2, -0.15) is 0 Å². The van der Waals surface area contributed by atoms with E-state index in [1.807, 2.05) is 75.3 Å². The number of hydrogen-bond acceptors (Lipinski definition) is 5. The Labute approximate surface area is 225 Å². The fourth-order valence-electron chi connectivity index (χ4n) is 2.34. The number of ketones is 2. The molecule has 0 heterocycles. The minimum atomic E-state index is -0.356. The Morgan fingerprint density at radius 1 is 0.639 bits per heavy atom. The Hall–Kier alpha value is -1.20. The monoisotopic (exact) mass is 515 g/mol. The Morgan fingerprint density at radius 2 is 0.972 bits per heavy atom. The van der Waals surface area contributed by atoms with E-state index in [9.17, 15) is 14.7 Å². The molecule has 5 nitrogen and oxygen atoms in total. The molecule has 0 aliphatic heterocycles. The molecule has 218 valence electrons. The highest BCUT2D eigenvalue weighted by molar-refractivity contribution is 5.80. The van der Waals surface area contributed by atoms with E-state index < -0.39 is 0 Å². The molecule has 0 aliphatic rings. The first-order valence-corrected chi connectivity index (χ1v) is 14.0. The van der Waals surface area contributed by atoms with Crippen molar-refractivity contribution in [1.82, 2.24) is 5.32 Å². The summed E-state index contributed by atoms with van der Waals surface area (Å²) in [5, 5.41) is 21.3. The van der Waals surface area contributed by atoms with Crippen LogP contribution < -0.4 is 5.32 Å². The number of Topliss-reactive ketones (excluding diaryl/α,β-unsaturated/α-hetero) is 2. The Bertz CT molecular complexity index is 533. The molecule has 0 rings (SSSR count). The SMILES string of the molecule is CC(C)/C=C(\O)C(C)C.CC(C)CC(=O)C(C)C.CC(C)CC(=O)C(C)C.CC(C)NC(O)C(C)C. The van der Waals surface area contributed by atoms with Crippen LogP contribution >= 0.6 is 0 Å². The Kier molecular flexibility index (Phi) is 28.1. The topological polar surface area (TPSA) is 86.6 Å². The van der Waals surface area contributed by atoms with Crippen molar-refractivity contribution in [3.8, 4) is 0 Å². The number of hydrogen-bond donors (Lipinski definition) is 3. The Balaban J connectivity index is -0.000000190. The van der Waals surface area contributed by atoms with Gasteiger partial charge in [0.25, 0.3) is 0 Å². The molecule has 36 heavy (non-hydrogen) atoms. The molecule has 0 amide bonds. The van der Waals surface area contributed by atoms with Crippen LogP contribution in [0.2, 0.25) is 0 Å². The van der Waals surface area contributed by atoms with Gasteiger partial charge in [-0.1, -0.05) is 96.9 Å². The average Bonchev–Trinajstić information content (AvgIpc) is 2.67. The molecule has 1 atom stereocenters. The number of nitrogens with one attached hydrogen (secondary N) is 1. The molecule has 0 radical (unpaired) electrons. The highest BCUT2D eigenvalue weighted by Crippen LogP contribution is 2.08. The van der Waals surface area contributed by atoms with E-state index in [1.54, 1.807) is 0 Å². The molecule has 0 saturated carbocycles. The summed E-state index contributed by atoms with van der Waals surface area (Å²) in [4.78, 5) is 21.9. The third-order valence-electron chi connectivity index (χ3n) is 4.74. The first kappa shape index (κ1) is 41.9. The van der Waals surface area contributed by atoms with Crippen molar-refractivity contribution in [2.45, 2.75) is 136 Å². The maximum atomic E-state index is 11.0. The van der Waals surface area contributed by atoms with Crippen LogP contribution in [0.3, 0.4) is 0 Å². The first-order chi connectivity index (χ1) is 16.1. The lowest BCUT2D eigenvalue weighted by Crippen LogP contribution is -2.38. The second kappa shape index (κ2) is 24.2. The van der Waals surface area contributed by atoms with Crippen LogP contribution in [-0.2, 0) is 9.59 Å². The van der Waals surface area contributed by atoms with Crippen molar-refractivity contribution in [1.29, 1.82) is 0 Å². The summed E-state index contributed by atoms with van der Waals surface area (Å²) in [6, 6.07) is 0.363. The molecule has 0 aromatic heterocycles. The molecular weight excluding hydrogens is 450 g/mol. The number of allylic oxidation sites excluding steroid dienone is 2. The quantitative estimate of drug-likeness (QED) is 0.191. The van der Waals surface area contributed by atoms with Gasteiger partial charge in [0.15, 0.2) is 0 Å². The summed E-state index contributed by atoms with van der Waals surface area (Å²) in [6.07, 6.45) is 2.99. The number of rotatable bonds is 11. The van der Waals surface area contributed by atoms with Crippen molar-refractivity contribution in [3.05, 3.63) is 11.8 Å². The minimum absolute atomic E-state index is 0.215. The van der Waals surface area contributed by atoms with Crippen molar-refractivity contribution < 1.29 is 19.8 Å². The smallest absolute Gasteiger partial charge is 0.135 e. The third kappa shape index (κ3) is 35.0. The van der Waals surface area contributed by atoms with Gasteiger partial charge in [0.2, 0.25) is 0 Å². The van der Waals surface area contributed by atoms with Crippen molar-refractivity contribution in [2.75, 3.05) is 0 Å². The van der Waals surface area contributed by atoms with Gasteiger partial charge >= 0.3 is 0 Å². The van der Waals surface area contributed by atoms with Gasteiger partial charge in [0.1, 0.15) is 17.8 Å². The van der Waals surface area contributed by atoms with Crippen LogP contribution in [0.15, 0.2) is 11.8 Å². The summed E-state index contributed by atoms with van der Waals surface area (Å²) < 4.78 is 0. The van der Waals surface area contributed by atoms with E-state index in [0.29, 0.717) is 47.0 Å². The van der Waals surface area contributed by atoms with Crippen LogP contribution in [0.1, 0.15) is 124 Å². The lowest BCUT2D eigenvalue weighted by Gasteiger charge is -2.18. The highest BCUT2D eigenvalue weighted by Gasteiger charge is 2.09. The van der Waals surface area contributed by atoms with Crippen LogP contribution in [0.25, 0.3) is 0 Å². The Morgan fingerprint density at radius 3 is 1.06 bits per heavy atom. The summed E-state index contributed by atoms with van der Waals surface area (Å²) in [5.74, 6) is 3.74. The number of carbonyl (C=O) groups excluding carboxylic acids is 2. The predicted octanol–water partition coefficient (Wildman–Crippen LogP) is 8.21. The molecule has 0 fully saturated rings. The van der Waals surface area contributed by atoms with Gasteiger partial charge in [-0.25, -0.2) is 0 Å². The van der Waals surface area contributed by atoms with E-state index in [0.717, 1.165) is 12.8 Å². The van der Waals surface area contributed by atoms with Crippen molar-refractivity contribution >= 4 is 11.6 Å². The molecule has 0 bridgehead atoms. The molecular formula is C31H65NO4. The van der Waals surface area contributed by atoms with E-state index >= 15 is 0 Å². The summed E-state index contributed by atoms with van der Waals surface area (Å²) in [6.45, 7) is 32.2. The van der Waals surface area contributed by atoms with Crippen LogP contribution in [0, 0.1) is 41.4 Å². The minimum Gasteiger partial charge on any atom is -0.512 e. The van der Waals surface area contributed by atoms with Gasteiger partial charge < -0.3 is 10.2 Å². The van der Waals surface area contributed by atoms with Gasteiger partial charge in [0, 0.05) is 36.6 Å². The van der Waals surface area contributed by atoms with E-state index in [1.165, 1.54) is 0 Å². The zero-order chi connectivity index (χ0) is 29.8. The standard InChI is InChI=1S/3C8H16O.C7H17NO/c3*1-6(2)5-8(9)7(3)4;1-5(2)7(9)8-6(3)4/h2*6-7H,5H2,1-4H3;5-7,9H,1-4H3;5-9H,1-4H3/b;;8-5-;. The fraction of sp³-hybridized carbons (Fsp3) is 0.871. The number of aliphatic hydroxyl groups excluding tert-OH is 2. The molecule has 5 heteroatoms. The van der Waals surface area contributed by atoms with Gasteiger partial charge in [-0.05, 0) is 43.6 Å². The molecule has 1 unspecified atom stereocenters. The average molecular weight is 516 g/mol. The van der Waals surface area contributed by atoms with E-state index in [4.69, 9.17) is 5.11 Å². The van der Waals surface area contributed by atoms with Crippen LogP contribution in [0.4, 0.5) is 0 Å². The van der Waals surface area contributed by atoms with E-state index in [2.05, 4.69) is 46.9 Å². The van der Waals surface area contributed by atoms with Crippen LogP contribution in [-0.4, -0.2) is 34.0 Å². The predicted molar refractivity (Wildman–Crippen MR) is 158 cm³/mol. The normalized spacial score (nSPS) is 12.5. The van der Waals surface area contributed by atoms with Gasteiger partial charge in [-0.3, -0.25) is 14.9 Å². The molecule has 0 aliphatic carbocycles. The first-order valence-electron chi connectivity index (χ1n) is 14.0. The second-order valence-electron chi connectivity index (χ2n) is 12.4. The highest BCUT2D eigenvalue weighted by atomic mass is 16.3. The summed E-state index contributed by atoms with van der Waals surface area (Å²) in [7, 11) is 0. The van der Waals surface area contributed by atoms with E-state index in [-0.39, 0.29) is 24.0 Å². The number of aliphatic hydroxyl groups is 2. The fourth-order valence-corrected chi connectivity index (χ4v) is 2.34. The lowest BCUT2D eigenvalue weighted by molar-refractivity contribution is -0.123. The molecule has 0 spiro atoms. The second-order valence-corrected chi connectivity index (χ2v) is 12.4. The van der Waals surface area contributed by atoms with Crippen molar-refractivity contribution in [3.63, 3.8) is 0 Å². The molecule has 3 N–H and O–H groups in total. The summed E-state index contributed by atoms with van der Waals surface area (Å²) >= 11 is 0. The largest absolute Gasteiger partial charge is 0.512 e. The summed E-state index contributed by atoms with van der Waals surface area (Å²) in [5.41, 5.74) is 0. The zero-order valence-corrected chi connectivity index (χ0v) is 26.9. The number of carbonyl (C=O) groups is 2. The lowest BCUT2D eigenvalue weighted by atomic mass is 9.99. The molecule has 0 aromatic carbocycles.